The van der Waals surface area contributed by atoms with Crippen LogP contribution in [0.5, 0.6) is 5.75 Å². The fraction of sp³-hybridized carbons (Fsp3) is 0.259. The van der Waals surface area contributed by atoms with Gasteiger partial charge in [0.05, 0.1) is 13.2 Å². The number of ether oxygens (including phenoxy) is 1. The van der Waals surface area contributed by atoms with Crippen molar-refractivity contribution in [3.63, 3.8) is 0 Å². The number of carbonyl (C=O) groups is 2. The zero-order valence-electron chi connectivity index (χ0n) is 18.9. The molecule has 0 bridgehead atoms. The van der Waals surface area contributed by atoms with Gasteiger partial charge in [-0.25, -0.2) is 0 Å². The molecule has 2 aromatic heterocycles. The summed E-state index contributed by atoms with van der Waals surface area (Å²) in [5.74, 6) is 0.700. The Morgan fingerprint density at radius 3 is 2.71 bits per heavy atom. The first-order valence-corrected chi connectivity index (χ1v) is 12.5. The highest BCUT2D eigenvalue weighted by atomic mass is 32.1. The van der Waals surface area contributed by atoms with Crippen LogP contribution >= 0.6 is 11.3 Å². The van der Waals surface area contributed by atoms with E-state index in [4.69, 9.17) is 4.74 Å². The SMILES string of the molecule is CCOc1ccccc1[C@H]1c2[nH]c3ccccc3c2C[C@H]2C(=O)N(Cc3cccs3)CC(=O)N12. The minimum absolute atomic E-state index is 0.00261. The lowest BCUT2D eigenvalue weighted by molar-refractivity contribution is -0.159. The molecule has 0 spiro atoms. The van der Waals surface area contributed by atoms with Crippen LogP contribution in [0.1, 0.15) is 34.7 Å². The Morgan fingerprint density at radius 1 is 1.06 bits per heavy atom. The average molecular weight is 472 g/mol. The molecule has 6 rings (SSSR count). The minimum atomic E-state index is -0.549. The molecule has 2 atom stereocenters. The molecule has 0 aliphatic carbocycles. The topological polar surface area (TPSA) is 65.6 Å². The third-order valence-corrected chi connectivity index (χ3v) is 7.64. The van der Waals surface area contributed by atoms with Crippen LogP contribution in [0.15, 0.2) is 66.0 Å². The fourth-order valence-corrected chi connectivity index (χ4v) is 6.09. The number of thiophene rings is 1. The van der Waals surface area contributed by atoms with E-state index in [1.807, 2.05) is 66.9 Å². The van der Waals surface area contributed by atoms with Crippen LogP contribution in [0.3, 0.4) is 0 Å². The van der Waals surface area contributed by atoms with E-state index in [1.165, 1.54) is 0 Å². The number of carbonyl (C=O) groups excluding carboxylic acids is 2. The van der Waals surface area contributed by atoms with E-state index < -0.39 is 12.1 Å². The molecule has 1 fully saturated rings. The number of para-hydroxylation sites is 2. The van der Waals surface area contributed by atoms with E-state index in [-0.39, 0.29) is 18.4 Å². The molecule has 34 heavy (non-hydrogen) atoms. The smallest absolute Gasteiger partial charge is 0.246 e. The van der Waals surface area contributed by atoms with Gasteiger partial charge in [-0.15, -0.1) is 11.3 Å². The van der Waals surface area contributed by atoms with Gasteiger partial charge in [-0.3, -0.25) is 9.59 Å². The van der Waals surface area contributed by atoms with Crippen LogP contribution in [0.4, 0.5) is 0 Å². The Labute approximate surface area is 201 Å². The Bertz CT molecular complexity index is 1380. The Balaban J connectivity index is 1.50. The number of hydrogen-bond acceptors (Lipinski definition) is 4. The van der Waals surface area contributed by atoms with Crippen LogP contribution in [0.2, 0.25) is 0 Å². The number of aromatic amines is 1. The number of fused-ring (bicyclic) bond motifs is 4. The van der Waals surface area contributed by atoms with Gasteiger partial charge in [-0.05, 0) is 36.1 Å². The summed E-state index contributed by atoms with van der Waals surface area (Å²) in [6.07, 6.45) is 0.498. The Morgan fingerprint density at radius 2 is 1.88 bits per heavy atom. The normalized spacial score (nSPS) is 19.9. The number of hydrogen-bond donors (Lipinski definition) is 1. The Hall–Kier alpha value is -3.58. The maximum atomic E-state index is 13.8. The second-order valence-corrected chi connectivity index (χ2v) is 9.76. The van der Waals surface area contributed by atoms with Gasteiger partial charge < -0.3 is 19.5 Å². The third kappa shape index (κ3) is 3.30. The molecule has 2 amide bonds. The maximum Gasteiger partial charge on any atom is 0.246 e. The van der Waals surface area contributed by atoms with Gasteiger partial charge in [0.25, 0.3) is 0 Å². The van der Waals surface area contributed by atoms with Crippen molar-refractivity contribution >= 4 is 34.1 Å². The van der Waals surface area contributed by atoms with E-state index in [0.717, 1.165) is 38.4 Å². The summed E-state index contributed by atoms with van der Waals surface area (Å²) >= 11 is 1.61. The summed E-state index contributed by atoms with van der Waals surface area (Å²) in [6, 6.07) is 19.0. The molecule has 2 aliphatic rings. The van der Waals surface area contributed by atoms with Gasteiger partial charge in [0, 0.05) is 33.5 Å². The first kappa shape index (κ1) is 21.0. The lowest BCUT2D eigenvalue weighted by Crippen LogP contribution is -2.62. The molecule has 2 aromatic carbocycles. The summed E-state index contributed by atoms with van der Waals surface area (Å²) < 4.78 is 5.97. The Kier molecular flexibility index (Phi) is 5.14. The van der Waals surface area contributed by atoms with Crippen LogP contribution in [0, 0.1) is 0 Å². The minimum Gasteiger partial charge on any atom is -0.494 e. The average Bonchev–Trinajstić information content (AvgIpc) is 3.49. The summed E-state index contributed by atoms with van der Waals surface area (Å²) in [5.41, 5.74) is 3.99. The van der Waals surface area contributed by atoms with Crippen LogP contribution in [0.25, 0.3) is 10.9 Å². The predicted molar refractivity (Wildman–Crippen MR) is 132 cm³/mol. The maximum absolute atomic E-state index is 13.8. The molecule has 4 heterocycles. The fourth-order valence-electron chi connectivity index (χ4n) is 5.37. The monoisotopic (exact) mass is 471 g/mol. The second kappa shape index (κ2) is 8.33. The van der Waals surface area contributed by atoms with Gasteiger partial charge in [-0.2, -0.15) is 0 Å². The van der Waals surface area contributed by atoms with Crippen LogP contribution < -0.4 is 4.74 Å². The molecular formula is C27H25N3O3S. The number of H-pyrrole nitrogens is 1. The second-order valence-electron chi connectivity index (χ2n) is 8.73. The van der Waals surface area contributed by atoms with E-state index >= 15 is 0 Å². The first-order valence-electron chi connectivity index (χ1n) is 11.6. The van der Waals surface area contributed by atoms with Crippen molar-refractivity contribution in [3.8, 4) is 5.75 Å². The molecular weight excluding hydrogens is 446 g/mol. The van der Waals surface area contributed by atoms with Crippen molar-refractivity contribution in [2.45, 2.75) is 32.0 Å². The molecule has 0 saturated carbocycles. The molecule has 2 aliphatic heterocycles. The molecule has 4 aromatic rings. The van der Waals surface area contributed by atoms with E-state index in [2.05, 4.69) is 11.1 Å². The lowest BCUT2D eigenvalue weighted by atomic mass is 9.86. The van der Waals surface area contributed by atoms with Crippen molar-refractivity contribution in [2.75, 3.05) is 13.2 Å². The zero-order chi connectivity index (χ0) is 23.2. The van der Waals surface area contributed by atoms with Gasteiger partial charge in [-0.1, -0.05) is 42.5 Å². The highest BCUT2D eigenvalue weighted by Gasteiger charge is 2.48. The molecule has 1 saturated heterocycles. The van der Waals surface area contributed by atoms with E-state index in [9.17, 15) is 9.59 Å². The molecule has 0 radical (unpaired) electrons. The van der Waals surface area contributed by atoms with Crippen molar-refractivity contribution < 1.29 is 14.3 Å². The summed E-state index contributed by atoms with van der Waals surface area (Å²) in [5, 5.41) is 3.10. The number of aromatic nitrogens is 1. The quantitative estimate of drug-likeness (QED) is 0.466. The molecule has 1 N–H and O–H groups in total. The predicted octanol–water partition coefficient (Wildman–Crippen LogP) is 4.51. The van der Waals surface area contributed by atoms with Gasteiger partial charge in [0.15, 0.2) is 0 Å². The standard InChI is InChI=1S/C27H25N3O3S/c1-2-33-23-12-6-4-10-19(23)26-25-20(18-9-3-5-11-21(18)28-25)14-22-27(32)29(16-24(31)30(22)26)15-17-8-7-13-34-17/h3-13,22,26,28H,2,14-16H2,1H3/t22-,26-/m0/s1. The molecule has 0 unspecified atom stereocenters. The van der Waals surface area contributed by atoms with Gasteiger partial charge in [0.1, 0.15) is 24.4 Å². The van der Waals surface area contributed by atoms with Crippen molar-refractivity contribution in [2.24, 2.45) is 0 Å². The third-order valence-electron chi connectivity index (χ3n) is 6.78. The molecule has 172 valence electrons. The van der Waals surface area contributed by atoms with Crippen LogP contribution in [-0.4, -0.2) is 45.8 Å². The van der Waals surface area contributed by atoms with Crippen molar-refractivity contribution in [1.29, 1.82) is 0 Å². The van der Waals surface area contributed by atoms with Crippen LogP contribution in [-0.2, 0) is 22.6 Å². The summed E-state index contributed by atoms with van der Waals surface area (Å²) in [7, 11) is 0. The summed E-state index contributed by atoms with van der Waals surface area (Å²) in [6.45, 7) is 3.02. The summed E-state index contributed by atoms with van der Waals surface area (Å²) in [4.78, 5) is 35.6. The number of nitrogens with zero attached hydrogens (tertiary/aromatic N) is 2. The number of piperazine rings is 1. The van der Waals surface area contributed by atoms with Gasteiger partial charge in [0.2, 0.25) is 11.8 Å². The highest BCUT2D eigenvalue weighted by Crippen LogP contribution is 2.45. The number of benzene rings is 2. The molecule has 7 heteroatoms. The number of nitrogens with one attached hydrogen (secondary N) is 1. The lowest BCUT2D eigenvalue weighted by Gasteiger charge is -2.47. The molecule has 6 nitrogen and oxygen atoms in total. The highest BCUT2D eigenvalue weighted by molar-refractivity contribution is 7.09. The first-order chi connectivity index (χ1) is 16.7. The number of amides is 2. The number of rotatable bonds is 5. The van der Waals surface area contributed by atoms with Crippen molar-refractivity contribution in [3.05, 3.63) is 87.7 Å². The van der Waals surface area contributed by atoms with Crippen molar-refractivity contribution in [1.82, 2.24) is 14.8 Å². The largest absolute Gasteiger partial charge is 0.494 e. The van der Waals surface area contributed by atoms with Gasteiger partial charge >= 0.3 is 0 Å². The zero-order valence-corrected chi connectivity index (χ0v) is 19.7. The van der Waals surface area contributed by atoms with E-state index in [1.54, 1.807) is 21.1 Å². The van der Waals surface area contributed by atoms with E-state index in [0.29, 0.717) is 19.6 Å².